The highest BCUT2D eigenvalue weighted by atomic mass is 19.1. The molecule has 1 aromatic carbocycles. The van der Waals surface area contributed by atoms with E-state index in [1.165, 1.54) is 6.07 Å². The Balaban J connectivity index is 1.98. The molecule has 1 aliphatic rings. The molecule has 2 aromatic rings. The zero-order valence-corrected chi connectivity index (χ0v) is 14.9. The Kier molecular flexibility index (Phi) is 4.77. The molecular weight excluding hydrogens is 327 g/mol. The average Bonchev–Trinajstić information content (AvgIpc) is 2.61. The number of nitrogens with two attached hydrogens (primary N) is 1. The summed E-state index contributed by atoms with van der Waals surface area (Å²) < 4.78 is 14.6. The number of aromatic nitrogens is 1. The first-order chi connectivity index (χ1) is 12.4. The molecule has 0 aliphatic carbocycles. The summed E-state index contributed by atoms with van der Waals surface area (Å²) in [6, 6.07) is 6.66. The number of anilines is 1. The number of benzene rings is 1. The van der Waals surface area contributed by atoms with Gasteiger partial charge in [-0.1, -0.05) is 19.4 Å². The zero-order valence-electron chi connectivity index (χ0n) is 14.9. The van der Waals surface area contributed by atoms with Crippen LogP contribution in [0.25, 0.3) is 0 Å². The molecule has 3 N–H and O–H groups in total. The third-order valence-corrected chi connectivity index (χ3v) is 4.34. The van der Waals surface area contributed by atoms with Crippen molar-refractivity contribution >= 4 is 11.5 Å². The second kappa shape index (κ2) is 7.01. The van der Waals surface area contributed by atoms with Gasteiger partial charge in [0, 0.05) is 42.0 Å². The summed E-state index contributed by atoms with van der Waals surface area (Å²) in [7, 11) is 0. The van der Waals surface area contributed by atoms with Crippen LogP contribution in [-0.2, 0) is 12.0 Å². The molecule has 0 radical (unpaired) electrons. The SMILES string of the molecule is C=C(C#CCC)Nc1ccc(F)c(C2(C)Cc3cnccc3C(N)=N2)c1. The normalized spacial score (nSPS) is 18.2. The van der Waals surface area contributed by atoms with Gasteiger partial charge in [0.15, 0.2) is 0 Å². The largest absolute Gasteiger partial charge is 0.383 e. The number of halogens is 1. The minimum absolute atomic E-state index is 0.327. The quantitative estimate of drug-likeness (QED) is 0.831. The van der Waals surface area contributed by atoms with Crippen molar-refractivity contribution in [3.8, 4) is 11.8 Å². The molecule has 0 saturated heterocycles. The predicted molar refractivity (Wildman–Crippen MR) is 103 cm³/mol. The standard InChI is InChI=1S/C21H21FN4/c1-4-5-6-14(2)25-16-7-8-19(22)18(11-16)21(3)12-15-13-24-10-9-17(15)20(23)26-21/h7-11,13,25H,2,4,12H2,1,3H3,(H2,23,26). The van der Waals surface area contributed by atoms with Gasteiger partial charge in [0.25, 0.3) is 0 Å². The Hall–Kier alpha value is -3.13. The summed E-state index contributed by atoms with van der Waals surface area (Å²) >= 11 is 0. The van der Waals surface area contributed by atoms with E-state index in [1.807, 2.05) is 19.9 Å². The molecule has 1 unspecified atom stereocenters. The third kappa shape index (κ3) is 3.45. The van der Waals surface area contributed by atoms with Crippen LogP contribution in [0.2, 0.25) is 0 Å². The van der Waals surface area contributed by atoms with E-state index in [-0.39, 0.29) is 5.82 Å². The predicted octanol–water partition coefficient (Wildman–Crippen LogP) is 3.74. The number of hydrogen-bond donors (Lipinski definition) is 2. The number of hydrogen-bond acceptors (Lipinski definition) is 4. The fourth-order valence-corrected chi connectivity index (χ4v) is 3.13. The summed E-state index contributed by atoms with van der Waals surface area (Å²) in [5, 5.41) is 3.10. The first kappa shape index (κ1) is 17.7. The van der Waals surface area contributed by atoms with Crippen molar-refractivity contribution in [2.24, 2.45) is 10.7 Å². The molecule has 1 aromatic heterocycles. The lowest BCUT2D eigenvalue weighted by atomic mass is 9.82. The van der Waals surface area contributed by atoms with Crippen molar-refractivity contribution in [3.05, 3.63) is 71.4 Å². The number of aliphatic imine (C=N–C) groups is 1. The molecule has 1 aliphatic heterocycles. The zero-order chi connectivity index (χ0) is 18.7. The number of amidine groups is 1. The summed E-state index contributed by atoms with van der Waals surface area (Å²) in [6.07, 6.45) is 4.71. The number of rotatable bonds is 3. The van der Waals surface area contributed by atoms with Crippen LogP contribution in [0.3, 0.4) is 0 Å². The second-order valence-corrected chi connectivity index (χ2v) is 6.43. The molecule has 0 saturated carbocycles. The highest BCUT2D eigenvalue weighted by Crippen LogP contribution is 2.37. The van der Waals surface area contributed by atoms with Crippen LogP contribution >= 0.6 is 0 Å². The van der Waals surface area contributed by atoms with Crippen molar-refractivity contribution in [1.29, 1.82) is 0 Å². The fraction of sp³-hybridized carbons (Fsp3) is 0.238. The molecule has 2 heterocycles. The number of nitrogens with zero attached hydrogens (tertiary/aromatic N) is 2. The summed E-state index contributed by atoms with van der Waals surface area (Å²) in [6.45, 7) is 7.72. The average molecular weight is 348 g/mol. The summed E-state index contributed by atoms with van der Waals surface area (Å²) in [5.74, 6) is 5.94. The van der Waals surface area contributed by atoms with Gasteiger partial charge in [0.05, 0.1) is 11.2 Å². The van der Waals surface area contributed by atoms with Gasteiger partial charge in [0.1, 0.15) is 11.7 Å². The highest BCUT2D eigenvalue weighted by Gasteiger charge is 2.34. The van der Waals surface area contributed by atoms with E-state index in [0.717, 1.165) is 17.5 Å². The Morgan fingerprint density at radius 2 is 2.23 bits per heavy atom. The third-order valence-electron chi connectivity index (χ3n) is 4.34. The maximum atomic E-state index is 14.6. The monoisotopic (exact) mass is 348 g/mol. The van der Waals surface area contributed by atoms with Gasteiger partial charge in [-0.25, -0.2) is 4.39 Å². The van der Waals surface area contributed by atoms with Gasteiger partial charge in [0.2, 0.25) is 0 Å². The lowest BCUT2D eigenvalue weighted by molar-refractivity contribution is 0.454. The Morgan fingerprint density at radius 3 is 3.00 bits per heavy atom. The van der Waals surface area contributed by atoms with Crippen LogP contribution < -0.4 is 11.1 Å². The lowest BCUT2D eigenvalue weighted by Crippen LogP contribution is -2.34. The molecule has 0 amide bonds. The molecule has 1 atom stereocenters. The number of nitrogens with one attached hydrogen (secondary N) is 1. The van der Waals surface area contributed by atoms with Gasteiger partial charge >= 0.3 is 0 Å². The number of allylic oxidation sites excluding steroid dienone is 1. The van der Waals surface area contributed by atoms with Crippen LogP contribution in [-0.4, -0.2) is 10.8 Å². The van der Waals surface area contributed by atoms with E-state index >= 15 is 0 Å². The minimum Gasteiger partial charge on any atom is -0.383 e. The first-order valence-electron chi connectivity index (χ1n) is 8.46. The Morgan fingerprint density at radius 1 is 1.42 bits per heavy atom. The van der Waals surface area contributed by atoms with Crippen molar-refractivity contribution in [3.63, 3.8) is 0 Å². The lowest BCUT2D eigenvalue weighted by Gasteiger charge is -2.32. The molecular formula is C21H21FN4. The van der Waals surface area contributed by atoms with Crippen LogP contribution in [0, 0.1) is 17.7 Å². The molecule has 4 nitrogen and oxygen atoms in total. The van der Waals surface area contributed by atoms with E-state index in [9.17, 15) is 4.39 Å². The number of pyridine rings is 1. The van der Waals surface area contributed by atoms with Gasteiger partial charge in [-0.05, 0) is 42.7 Å². The fourth-order valence-electron chi connectivity index (χ4n) is 3.13. The van der Waals surface area contributed by atoms with Gasteiger partial charge < -0.3 is 11.1 Å². The van der Waals surface area contributed by atoms with E-state index in [1.54, 1.807) is 24.5 Å². The van der Waals surface area contributed by atoms with Crippen molar-refractivity contribution in [2.45, 2.75) is 32.2 Å². The maximum Gasteiger partial charge on any atom is 0.128 e. The second-order valence-electron chi connectivity index (χ2n) is 6.43. The van der Waals surface area contributed by atoms with E-state index in [4.69, 9.17) is 5.73 Å². The summed E-state index contributed by atoms with van der Waals surface area (Å²) in [4.78, 5) is 8.76. The topological polar surface area (TPSA) is 63.3 Å². The molecule has 3 rings (SSSR count). The van der Waals surface area contributed by atoms with Gasteiger partial charge in [-0.3, -0.25) is 9.98 Å². The number of fused-ring (bicyclic) bond motifs is 1. The molecule has 0 spiro atoms. The van der Waals surface area contributed by atoms with E-state index in [0.29, 0.717) is 29.2 Å². The highest BCUT2D eigenvalue weighted by molar-refractivity contribution is 6.00. The molecule has 5 heteroatoms. The van der Waals surface area contributed by atoms with Gasteiger partial charge in [-0.2, -0.15) is 0 Å². The van der Waals surface area contributed by atoms with E-state index < -0.39 is 5.54 Å². The van der Waals surface area contributed by atoms with Crippen molar-refractivity contribution < 1.29 is 4.39 Å². The van der Waals surface area contributed by atoms with Crippen LogP contribution in [0.1, 0.15) is 37.0 Å². The Bertz CT molecular complexity index is 952. The van der Waals surface area contributed by atoms with Gasteiger partial charge in [-0.15, -0.1) is 0 Å². The van der Waals surface area contributed by atoms with E-state index in [2.05, 4.69) is 33.7 Å². The Labute approximate surface area is 153 Å². The molecule has 132 valence electrons. The van der Waals surface area contributed by atoms with Crippen molar-refractivity contribution in [1.82, 2.24) is 4.98 Å². The van der Waals surface area contributed by atoms with Crippen LogP contribution in [0.5, 0.6) is 0 Å². The molecule has 0 fully saturated rings. The van der Waals surface area contributed by atoms with Crippen LogP contribution in [0.4, 0.5) is 10.1 Å². The van der Waals surface area contributed by atoms with Crippen LogP contribution in [0.15, 0.2) is 53.9 Å². The minimum atomic E-state index is -0.807. The smallest absolute Gasteiger partial charge is 0.128 e. The van der Waals surface area contributed by atoms with Crippen molar-refractivity contribution in [2.75, 3.05) is 5.32 Å². The maximum absolute atomic E-state index is 14.6. The molecule has 26 heavy (non-hydrogen) atoms. The summed E-state index contributed by atoms with van der Waals surface area (Å²) in [5.41, 5.74) is 8.89. The first-order valence-corrected chi connectivity index (χ1v) is 8.46. The molecule has 0 bridgehead atoms.